The molecule has 0 bridgehead atoms. The Labute approximate surface area is 167 Å². The zero-order valence-corrected chi connectivity index (χ0v) is 16.5. The molecule has 3 rings (SSSR count). The Morgan fingerprint density at radius 2 is 2.04 bits per heavy atom. The molecule has 0 aliphatic heterocycles. The zero-order valence-electron chi connectivity index (χ0n) is 14.0. The fourth-order valence-corrected chi connectivity index (χ4v) is 4.11. The van der Waals surface area contributed by atoms with Crippen LogP contribution in [0.25, 0.3) is 11.0 Å². The third-order valence-electron chi connectivity index (χ3n) is 3.60. The summed E-state index contributed by atoms with van der Waals surface area (Å²) >= 11 is 7.26. The zero-order chi connectivity index (χ0) is 19.6. The van der Waals surface area contributed by atoms with Gasteiger partial charge in [0.05, 0.1) is 24.4 Å². The third-order valence-corrected chi connectivity index (χ3v) is 5.55. The molecule has 0 saturated heterocycles. The average molecular weight is 417 g/mol. The maximum absolute atomic E-state index is 12.4. The van der Waals surface area contributed by atoms with E-state index >= 15 is 0 Å². The summed E-state index contributed by atoms with van der Waals surface area (Å²) in [6.07, 6.45) is 0. The van der Waals surface area contributed by atoms with E-state index in [2.05, 4.69) is 19.4 Å². The minimum atomic E-state index is -0.540. The van der Waals surface area contributed by atoms with Crippen LogP contribution in [0.2, 0.25) is 0 Å². The number of carbonyl (C=O) groups excluding carboxylic acids is 2. The van der Waals surface area contributed by atoms with Crippen LogP contribution in [0.1, 0.15) is 31.2 Å². The van der Waals surface area contributed by atoms with Crippen LogP contribution in [0.15, 0.2) is 18.2 Å². The van der Waals surface area contributed by atoms with E-state index in [1.54, 1.807) is 25.1 Å². The van der Waals surface area contributed by atoms with Crippen molar-refractivity contribution in [1.29, 1.82) is 5.26 Å². The first-order valence-corrected chi connectivity index (χ1v) is 9.36. The van der Waals surface area contributed by atoms with Crippen LogP contribution in [-0.2, 0) is 4.74 Å². The number of esters is 1. The van der Waals surface area contributed by atoms with Gasteiger partial charge in [0, 0.05) is 5.56 Å². The first-order chi connectivity index (χ1) is 12.9. The number of aromatic nitrogens is 2. The Morgan fingerprint density at radius 3 is 2.74 bits per heavy atom. The number of nitrogens with one attached hydrogen (secondary N) is 2. The second-order valence-corrected chi connectivity index (χ2v) is 7.20. The van der Waals surface area contributed by atoms with Gasteiger partial charge in [-0.05, 0) is 42.9 Å². The molecule has 27 heavy (non-hydrogen) atoms. The molecule has 0 aliphatic carbocycles. The highest BCUT2D eigenvalue weighted by Gasteiger charge is 2.21. The van der Waals surface area contributed by atoms with Gasteiger partial charge in [-0.1, -0.05) is 0 Å². The second kappa shape index (κ2) is 7.75. The molecule has 1 amide bonds. The van der Waals surface area contributed by atoms with E-state index in [4.69, 9.17) is 17.0 Å². The number of thiophene rings is 1. The number of anilines is 1. The average Bonchev–Trinajstić information content (AvgIpc) is 3.24. The highest BCUT2D eigenvalue weighted by Crippen LogP contribution is 2.32. The third kappa shape index (κ3) is 3.77. The lowest BCUT2D eigenvalue weighted by Crippen LogP contribution is -2.34. The highest BCUT2D eigenvalue weighted by atomic mass is 32.1. The van der Waals surface area contributed by atoms with Gasteiger partial charge in [0.2, 0.25) is 0 Å². The molecule has 0 saturated carbocycles. The fourth-order valence-electron chi connectivity index (χ4n) is 2.26. The number of fused-ring (bicyclic) bond motifs is 1. The summed E-state index contributed by atoms with van der Waals surface area (Å²) in [4.78, 5) is 24.5. The number of hydrogen-bond acceptors (Lipinski definition) is 9. The van der Waals surface area contributed by atoms with Gasteiger partial charge in [-0.15, -0.1) is 11.3 Å². The molecule has 0 fully saturated rings. The number of benzene rings is 1. The van der Waals surface area contributed by atoms with Gasteiger partial charge in [-0.2, -0.15) is 14.0 Å². The lowest BCUT2D eigenvalue weighted by atomic mass is 10.2. The largest absolute Gasteiger partial charge is 0.465 e. The lowest BCUT2D eigenvalue weighted by molar-refractivity contribution is 0.0605. The summed E-state index contributed by atoms with van der Waals surface area (Å²) in [7, 11) is 1.26. The van der Waals surface area contributed by atoms with E-state index in [1.807, 2.05) is 6.07 Å². The maximum Gasteiger partial charge on any atom is 0.348 e. The monoisotopic (exact) mass is 417 g/mol. The Morgan fingerprint density at radius 1 is 1.30 bits per heavy atom. The van der Waals surface area contributed by atoms with Crippen LogP contribution in [0.5, 0.6) is 0 Å². The molecule has 0 aliphatic rings. The summed E-state index contributed by atoms with van der Waals surface area (Å²) in [5, 5.41) is 15.0. The van der Waals surface area contributed by atoms with Gasteiger partial charge in [0.1, 0.15) is 27.0 Å². The molecule has 8 nitrogen and oxygen atoms in total. The Hall–Kier alpha value is -2.94. The lowest BCUT2D eigenvalue weighted by Gasteiger charge is -2.08. The van der Waals surface area contributed by atoms with E-state index in [-0.39, 0.29) is 10.7 Å². The molecular weight excluding hydrogens is 406 g/mol. The number of rotatable bonds is 3. The number of thiocarbonyl (C=S) groups is 1. The molecule has 0 unspecified atom stereocenters. The van der Waals surface area contributed by atoms with Crippen molar-refractivity contribution in [1.82, 2.24) is 14.1 Å². The van der Waals surface area contributed by atoms with Crippen molar-refractivity contribution in [3.05, 3.63) is 39.8 Å². The molecule has 136 valence electrons. The molecule has 0 radical (unpaired) electrons. The quantitative estimate of drug-likeness (QED) is 0.493. The molecule has 1 aromatic carbocycles. The first-order valence-electron chi connectivity index (χ1n) is 7.41. The number of amides is 1. The number of nitrogens with zero attached hydrogens (tertiary/aromatic N) is 3. The van der Waals surface area contributed by atoms with Crippen molar-refractivity contribution in [2.45, 2.75) is 6.92 Å². The van der Waals surface area contributed by atoms with Crippen molar-refractivity contribution in [3.63, 3.8) is 0 Å². The number of nitriles is 1. The molecule has 2 N–H and O–H groups in total. The summed E-state index contributed by atoms with van der Waals surface area (Å²) in [5.41, 5.74) is 2.46. The first kappa shape index (κ1) is 18.8. The number of hydrogen-bond donors (Lipinski definition) is 2. The Balaban J connectivity index is 1.76. The van der Waals surface area contributed by atoms with E-state index in [1.165, 1.54) is 7.11 Å². The smallest absolute Gasteiger partial charge is 0.348 e. The molecule has 0 spiro atoms. The van der Waals surface area contributed by atoms with Gasteiger partial charge in [-0.25, -0.2) is 4.79 Å². The topological polar surface area (TPSA) is 117 Å². The number of carbonyl (C=O) groups is 2. The van der Waals surface area contributed by atoms with Crippen LogP contribution < -0.4 is 10.6 Å². The molecular formula is C16H11N5O3S3. The molecule has 0 atom stereocenters. The standard InChI is InChI=1S/C16H11N5O3S3/c1-7-9(6-17)14(26-12(7)15(23)24-2)19-16(25)18-13(22)8-3-4-10-11(5-8)21-27-20-10/h3-5H,1-2H3,(H2,18,19,22,25). The van der Waals surface area contributed by atoms with Gasteiger partial charge in [0.15, 0.2) is 5.11 Å². The summed E-state index contributed by atoms with van der Waals surface area (Å²) < 4.78 is 12.9. The van der Waals surface area contributed by atoms with Crippen LogP contribution in [0.3, 0.4) is 0 Å². The molecule has 2 heterocycles. The van der Waals surface area contributed by atoms with E-state index in [0.717, 1.165) is 23.1 Å². The van der Waals surface area contributed by atoms with E-state index in [9.17, 15) is 14.9 Å². The van der Waals surface area contributed by atoms with Crippen molar-refractivity contribution in [2.24, 2.45) is 0 Å². The molecule has 11 heteroatoms. The van der Waals surface area contributed by atoms with Gasteiger partial charge in [-0.3, -0.25) is 10.1 Å². The van der Waals surface area contributed by atoms with Crippen LogP contribution in [0, 0.1) is 18.3 Å². The number of ether oxygens (including phenoxy) is 1. The van der Waals surface area contributed by atoms with Crippen molar-refractivity contribution in [3.8, 4) is 6.07 Å². The highest BCUT2D eigenvalue weighted by molar-refractivity contribution is 7.80. The normalized spacial score (nSPS) is 10.3. The molecule has 2 aromatic heterocycles. The molecule has 3 aromatic rings. The number of methoxy groups -OCH3 is 1. The predicted molar refractivity (Wildman–Crippen MR) is 106 cm³/mol. The Kier molecular flexibility index (Phi) is 5.41. The van der Waals surface area contributed by atoms with Gasteiger partial charge < -0.3 is 10.1 Å². The van der Waals surface area contributed by atoms with Gasteiger partial charge in [0.25, 0.3) is 5.91 Å². The fraction of sp³-hybridized carbons (Fsp3) is 0.125. The van der Waals surface area contributed by atoms with Crippen molar-refractivity contribution < 1.29 is 14.3 Å². The van der Waals surface area contributed by atoms with Crippen LogP contribution >= 0.6 is 35.3 Å². The van der Waals surface area contributed by atoms with Crippen LogP contribution in [0.4, 0.5) is 5.00 Å². The van der Waals surface area contributed by atoms with Crippen molar-refractivity contribution in [2.75, 3.05) is 12.4 Å². The SMILES string of the molecule is COC(=O)c1sc(NC(=S)NC(=O)c2ccc3nsnc3c2)c(C#N)c1C. The predicted octanol–water partition coefficient (Wildman–Crippen LogP) is 2.85. The van der Waals surface area contributed by atoms with E-state index in [0.29, 0.717) is 32.0 Å². The summed E-state index contributed by atoms with van der Waals surface area (Å²) in [6.45, 7) is 1.64. The second-order valence-electron chi connectivity index (χ2n) is 5.24. The van der Waals surface area contributed by atoms with Crippen molar-refractivity contribution >= 4 is 68.3 Å². The minimum absolute atomic E-state index is 0.00525. The maximum atomic E-state index is 12.4. The van der Waals surface area contributed by atoms with Crippen LogP contribution in [-0.4, -0.2) is 32.8 Å². The summed E-state index contributed by atoms with van der Waals surface area (Å²) in [6, 6.07) is 6.95. The summed E-state index contributed by atoms with van der Waals surface area (Å²) in [5.74, 6) is -0.968. The van der Waals surface area contributed by atoms with E-state index < -0.39 is 11.9 Å². The Bertz CT molecular complexity index is 1110. The van der Waals surface area contributed by atoms with Gasteiger partial charge >= 0.3 is 5.97 Å². The minimum Gasteiger partial charge on any atom is -0.465 e.